The van der Waals surface area contributed by atoms with Crippen LogP contribution in [0.4, 0.5) is 11.6 Å². The summed E-state index contributed by atoms with van der Waals surface area (Å²) in [5, 5.41) is 11.2. The molecule has 0 unspecified atom stereocenters. The molecule has 0 radical (unpaired) electrons. The lowest BCUT2D eigenvalue weighted by molar-refractivity contribution is 0.242. The number of rotatable bonds is 7. The maximum atomic E-state index is 12.3. The molecule has 0 spiro atoms. The number of aromatic amines is 1. The first kappa shape index (κ1) is 18.4. The third-order valence-corrected chi connectivity index (χ3v) is 3.78. The number of H-pyrrole nitrogens is 1. The zero-order valence-electron chi connectivity index (χ0n) is 15.5. The van der Waals surface area contributed by atoms with Crippen molar-refractivity contribution in [2.75, 3.05) is 12.4 Å². The zero-order valence-corrected chi connectivity index (χ0v) is 15.5. The fourth-order valence-corrected chi connectivity index (χ4v) is 2.49. The van der Waals surface area contributed by atoms with E-state index in [9.17, 15) is 4.79 Å². The smallest absolute Gasteiger partial charge is 0.274 e. The van der Waals surface area contributed by atoms with Crippen LogP contribution >= 0.6 is 0 Å². The number of hydrogen-bond donors (Lipinski definition) is 2. The van der Waals surface area contributed by atoms with Gasteiger partial charge in [-0.3, -0.25) is 9.78 Å². The Morgan fingerprint density at radius 2 is 1.67 bits per heavy atom. The first-order chi connectivity index (χ1) is 13.0. The van der Waals surface area contributed by atoms with E-state index in [0.29, 0.717) is 12.1 Å². The van der Waals surface area contributed by atoms with Crippen LogP contribution in [0.1, 0.15) is 25.1 Å². The molecular weight excluding hydrogens is 344 g/mol. The molecule has 7 nitrogen and oxygen atoms in total. The van der Waals surface area contributed by atoms with Crippen LogP contribution in [0.3, 0.4) is 0 Å². The highest BCUT2D eigenvalue weighted by molar-refractivity contribution is 5.54. The van der Waals surface area contributed by atoms with Gasteiger partial charge in [-0.15, -0.1) is 10.2 Å². The Kier molecular flexibility index (Phi) is 5.71. The number of nitrogens with zero attached hydrogens (tertiary/aromatic N) is 2. The van der Waals surface area contributed by atoms with Gasteiger partial charge in [-0.25, -0.2) is 0 Å². The van der Waals surface area contributed by atoms with Gasteiger partial charge >= 0.3 is 0 Å². The highest BCUT2D eigenvalue weighted by atomic mass is 16.5. The Hall–Kier alpha value is -3.35. The van der Waals surface area contributed by atoms with Crippen LogP contribution in [0.15, 0.2) is 53.3 Å². The second-order valence-corrected chi connectivity index (χ2v) is 6.29. The summed E-state index contributed by atoms with van der Waals surface area (Å²) in [5.74, 6) is 1.84. The van der Waals surface area contributed by atoms with Crippen molar-refractivity contribution in [2.45, 2.75) is 26.4 Å². The molecule has 0 bridgehead atoms. The van der Waals surface area contributed by atoms with Gasteiger partial charge in [-0.1, -0.05) is 12.1 Å². The summed E-state index contributed by atoms with van der Waals surface area (Å²) >= 11 is 0. The number of ether oxygens (including phenoxy) is 2. The van der Waals surface area contributed by atoms with Gasteiger partial charge < -0.3 is 14.8 Å². The molecule has 3 aromatic rings. The van der Waals surface area contributed by atoms with Gasteiger partial charge in [-0.05, 0) is 55.8 Å². The number of hydrogen-bond acceptors (Lipinski definition) is 6. The molecule has 2 N–H and O–H groups in total. The third kappa shape index (κ3) is 5.07. The van der Waals surface area contributed by atoms with Crippen molar-refractivity contribution in [3.05, 3.63) is 70.1 Å². The lowest BCUT2D eigenvalue weighted by Crippen LogP contribution is -2.18. The molecule has 27 heavy (non-hydrogen) atoms. The van der Waals surface area contributed by atoms with E-state index in [0.717, 1.165) is 22.7 Å². The summed E-state index contributed by atoms with van der Waals surface area (Å²) in [6, 6.07) is 14.9. The largest absolute Gasteiger partial charge is 0.497 e. The summed E-state index contributed by atoms with van der Waals surface area (Å²) in [7, 11) is 1.61. The first-order valence-electron chi connectivity index (χ1n) is 8.66. The molecule has 7 heteroatoms. The first-order valence-corrected chi connectivity index (χ1v) is 8.66. The molecule has 0 saturated heterocycles. The Bertz CT molecular complexity index is 935. The van der Waals surface area contributed by atoms with Crippen LogP contribution in [0.25, 0.3) is 0 Å². The molecule has 0 aliphatic rings. The minimum absolute atomic E-state index is 0.115. The van der Waals surface area contributed by atoms with Crippen LogP contribution in [0.5, 0.6) is 11.5 Å². The van der Waals surface area contributed by atoms with Crippen LogP contribution in [0, 0.1) is 0 Å². The minimum Gasteiger partial charge on any atom is -0.497 e. The average molecular weight is 366 g/mol. The molecule has 2 aromatic carbocycles. The SMILES string of the molecule is COc1ccc(Cc2nnc(Nc3ccc(OC(C)C)cc3)[nH]c2=O)cc1. The summed E-state index contributed by atoms with van der Waals surface area (Å²) in [6.07, 6.45) is 0.512. The Labute approximate surface area is 157 Å². The van der Waals surface area contributed by atoms with Crippen molar-refractivity contribution in [3.63, 3.8) is 0 Å². The fourth-order valence-electron chi connectivity index (χ4n) is 2.49. The Morgan fingerprint density at radius 1 is 1.00 bits per heavy atom. The summed E-state index contributed by atoms with van der Waals surface area (Å²) in [5.41, 5.74) is 1.81. The van der Waals surface area contributed by atoms with Crippen molar-refractivity contribution in [2.24, 2.45) is 0 Å². The maximum absolute atomic E-state index is 12.3. The van der Waals surface area contributed by atoms with E-state index in [4.69, 9.17) is 9.47 Å². The van der Waals surface area contributed by atoms with Gasteiger partial charge in [0.1, 0.15) is 17.2 Å². The van der Waals surface area contributed by atoms with E-state index >= 15 is 0 Å². The predicted molar refractivity (Wildman–Crippen MR) is 104 cm³/mol. The average Bonchev–Trinajstić information content (AvgIpc) is 2.66. The molecule has 0 fully saturated rings. The van der Waals surface area contributed by atoms with Gasteiger partial charge in [-0.2, -0.15) is 0 Å². The molecule has 0 amide bonds. The third-order valence-electron chi connectivity index (χ3n) is 3.78. The molecule has 1 heterocycles. The van der Waals surface area contributed by atoms with Crippen molar-refractivity contribution < 1.29 is 9.47 Å². The van der Waals surface area contributed by atoms with Crippen LogP contribution < -0.4 is 20.3 Å². The minimum atomic E-state index is -0.275. The van der Waals surface area contributed by atoms with E-state index in [1.807, 2.05) is 62.4 Å². The maximum Gasteiger partial charge on any atom is 0.274 e. The molecule has 1 aromatic heterocycles. The van der Waals surface area contributed by atoms with Crippen molar-refractivity contribution >= 4 is 11.6 Å². The van der Waals surface area contributed by atoms with Crippen LogP contribution in [0.2, 0.25) is 0 Å². The Balaban J connectivity index is 1.67. The predicted octanol–water partition coefficient (Wildman–Crippen LogP) is 3.30. The lowest BCUT2D eigenvalue weighted by Gasteiger charge is -2.10. The molecule has 3 rings (SSSR count). The lowest BCUT2D eigenvalue weighted by atomic mass is 10.1. The van der Waals surface area contributed by atoms with E-state index in [-0.39, 0.29) is 17.6 Å². The molecule has 140 valence electrons. The normalized spacial score (nSPS) is 10.7. The monoisotopic (exact) mass is 366 g/mol. The standard InChI is InChI=1S/C20H22N4O3/c1-13(2)27-17-10-6-15(7-11-17)21-20-22-19(25)18(23-24-20)12-14-4-8-16(26-3)9-5-14/h4-11,13H,12H2,1-3H3,(H2,21,22,24,25). The number of nitrogens with one attached hydrogen (secondary N) is 2. The molecule has 0 atom stereocenters. The second kappa shape index (κ2) is 8.35. The van der Waals surface area contributed by atoms with E-state index < -0.39 is 0 Å². The fraction of sp³-hybridized carbons (Fsp3) is 0.250. The molecule has 0 saturated carbocycles. The number of aromatic nitrogens is 3. The van der Waals surface area contributed by atoms with Crippen molar-refractivity contribution in [1.29, 1.82) is 0 Å². The number of anilines is 2. The highest BCUT2D eigenvalue weighted by Gasteiger charge is 2.07. The quantitative estimate of drug-likeness (QED) is 0.667. The zero-order chi connectivity index (χ0) is 19.2. The van der Waals surface area contributed by atoms with Gasteiger partial charge in [0.05, 0.1) is 13.2 Å². The van der Waals surface area contributed by atoms with Crippen molar-refractivity contribution in [1.82, 2.24) is 15.2 Å². The van der Waals surface area contributed by atoms with Gasteiger partial charge in [0, 0.05) is 12.1 Å². The van der Waals surface area contributed by atoms with E-state index in [1.54, 1.807) is 7.11 Å². The number of benzene rings is 2. The van der Waals surface area contributed by atoms with E-state index in [1.165, 1.54) is 0 Å². The second-order valence-electron chi connectivity index (χ2n) is 6.29. The Morgan fingerprint density at radius 3 is 2.26 bits per heavy atom. The highest BCUT2D eigenvalue weighted by Crippen LogP contribution is 2.18. The van der Waals surface area contributed by atoms with Crippen LogP contribution in [-0.4, -0.2) is 28.4 Å². The van der Waals surface area contributed by atoms with Gasteiger partial charge in [0.15, 0.2) is 0 Å². The topological polar surface area (TPSA) is 89.1 Å². The van der Waals surface area contributed by atoms with Gasteiger partial charge in [0.2, 0.25) is 5.95 Å². The van der Waals surface area contributed by atoms with Gasteiger partial charge in [0.25, 0.3) is 5.56 Å². The van der Waals surface area contributed by atoms with Crippen LogP contribution in [-0.2, 0) is 6.42 Å². The summed E-state index contributed by atoms with van der Waals surface area (Å²) in [6.45, 7) is 3.94. The summed E-state index contributed by atoms with van der Waals surface area (Å²) in [4.78, 5) is 15.0. The molecule has 0 aliphatic heterocycles. The van der Waals surface area contributed by atoms with Crippen molar-refractivity contribution in [3.8, 4) is 11.5 Å². The molecule has 0 aliphatic carbocycles. The number of methoxy groups -OCH3 is 1. The molecular formula is C20H22N4O3. The van der Waals surface area contributed by atoms with E-state index in [2.05, 4.69) is 20.5 Å². The summed E-state index contributed by atoms with van der Waals surface area (Å²) < 4.78 is 10.7.